The number of hydrogen-bond donors (Lipinski definition) is 1. The number of amides is 1. The van der Waals surface area contributed by atoms with Crippen molar-refractivity contribution in [3.05, 3.63) is 54.1 Å². The Labute approximate surface area is 114 Å². The van der Waals surface area contributed by atoms with Crippen LogP contribution >= 0.6 is 0 Å². The van der Waals surface area contributed by atoms with Crippen LogP contribution in [0.5, 0.6) is 5.75 Å². The minimum absolute atomic E-state index is 0.00481. The molecule has 0 radical (unpaired) electrons. The van der Waals surface area contributed by atoms with Crippen molar-refractivity contribution in [3.63, 3.8) is 0 Å². The Morgan fingerprint density at radius 3 is 2.70 bits per heavy atom. The summed E-state index contributed by atoms with van der Waals surface area (Å²) < 4.78 is 18.0. The Morgan fingerprint density at radius 1 is 1.30 bits per heavy atom. The summed E-state index contributed by atoms with van der Waals surface area (Å²) in [7, 11) is 0. The monoisotopic (exact) mass is 271 g/mol. The molecule has 100 valence electrons. The van der Waals surface area contributed by atoms with Gasteiger partial charge in [-0.05, 0) is 36.4 Å². The topological polar surface area (TPSA) is 75.0 Å². The predicted molar refractivity (Wildman–Crippen MR) is 69.7 cm³/mol. The highest BCUT2D eigenvalue weighted by molar-refractivity contribution is 6.02. The average Bonchev–Trinajstić information content (AvgIpc) is 2.46. The van der Waals surface area contributed by atoms with Crippen LogP contribution in [-0.2, 0) is 0 Å². The van der Waals surface area contributed by atoms with Gasteiger partial charge in [0.2, 0.25) is 5.95 Å². The molecule has 0 saturated heterocycles. The molecule has 1 aromatic heterocycles. The zero-order valence-corrected chi connectivity index (χ0v) is 10.3. The third kappa shape index (κ3) is 3.53. The molecule has 2 rings (SSSR count). The van der Waals surface area contributed by atoms with Crippen molar-refractivity contribution in [2.24, 2.45) is 0 Å². The number of nitrogens with zero attached hydrogens (tertiary/aromatic N) is 2. The highest BCUT2D eigenvalue weighted by atomic mass is 19.1. The second-order valence-corrected chi connectivity index (χ2v) is 3.77. The first-order valence-corrected chi connectivity index (χ1v) is 5.73. The number of halogens is 1. The minimum atomic E-state index is -0.710. The summed E-state index contributed by atoms with van der Waals surface area (Å²) >= 11 is 0. The third-order valence-electron chi connectivity index (χ3n) is 2.36. The third-order valence-corrected chi connectivity index (χ3v) is 2.36. The van der Waals surface area contributed by atoms with E-state index in [0.717, 1.165) is 6.07 Å². The van der Waals surface area contributed by atoms with Crippen molar-refractivity contribution in [1.82, 2.24) is 4.98 Å². The van der Waals surface area contributed by atoms with E-state index in [-0.39, 0.29) is 12.3 Å². The van der Waals surface area contributed by atoms with Crippen LogP contribution in [0.4, 0.5) is 10.1 Å². The number of nitrogens with one attached hydrogen (secondary N) is 1. The van der Waals surface area contributed by atoms with Gasteiger partial charge < -0.3 is 10.1 Å². The molecule has 0 aliphatic carbocycles. The maximum atomic E-state index is 12.9. The molecule has 0 fully saturated rings. The lowest BCUT2D eigenvalue weighted by atomic mass is 10.3. The fourth-order valence-electron chi connectivity index (χ4n) is 1.48. The highest BCUT2D eigenvalue weighted by Gasteiger charge is 2.08. The lowest BCUT2D eigenvalue weighted by Crippen LogP contribution is -2.14. The maximum absolute atomic E-state index is 12.9. The van der Waals surface area contributed by atoms with Crippen LogP contribution in [-0.4, -0.2) is 17.5 Å². The predicted octanol–water partition coefficient (Wildman–Crippen LogP) is 2.38. The van der Waals surface area contributed by atoms with Gasteiger partial charge in [0.05, 0.1) is 0 Å². The molecule has 1 aromatic carbocycles. The normalized spacial score (nSPS) is 9.60. The number of carbonyl (C=O) groups excluding carboxylic acids is 1. The molecule has 20 heavy (non-hydrogen) atoms. The SMILES string of the molecule is N#CCOc1ccc(NC(=O)c2cccc(F)n2)cc1. The van der Waals surface area contributed by atoms with Gasteiger partial charge in [-0.1, -0.05) is 6.07 Å². The summed E-state index contributed by atoms with van der Waals surface area (Å²) in [6.07, 6.45) is 0. The number of pyridine rings is 1. The van der Waals surface area contributed by atoms with Crippen molar-refractivity contribution in [2.45, 2.75) is 0 Å². The first-order valence-electron chi connectivity index (χ1n) is 5.73. The molecular weight excluding hydrogens is 261 g/mol. The number of rotatable bonds is 4. The number of carbonyl (C=O) groups is 1. The Bertz CT molecular complexity index is 650. The molecule has 2 aromatic rings. The van der Waals surface area contributed by atoms with Crippen LogP contribution in [0, 0.1) is 17.3 Å². The van der Waals surface area contributed by atoms with Crippen molar-refractivity contribution in [3.8, 4) is 11.8 Å². The van der Waals surface area contributed by atoms with Gasteiger partial charge in [-0.25, -0.2) is 4.98 Å². The van der Waals surface area contributed by atoms with Crippen molar-refractivity contribution in [1.29, 1.82) is 5.26 Å². The molecule has 0 aliphatic rings. The minimum Gasteiger partial charge on any atom is -0.479 e. The van der Waals surface area contributed by atoms with E-state index in [2.05, 4.69) is 10.3 Å². The van der Waals surface area contributed by atoms with Crippen LogP contribution in [0.3, 0.4) is 0 Å². The molecule has 0 bridgehead atoms. The first-order chi connectivity index (χ1) is 9.69. The van der Waals surface area contributed by atoms with Crippen LogP contribution in [0.25, 0.3) is 0 Å². The van der Waals surface area contributed by atoms with E-state index in [1.165, 1.54) is 12.1 Å². The molecule has 0 spiro atoms. The van der Waals surface area contributed by atoms with Gasteiger partial charge in [0.1, 0.15) is 17.5 Å². The summed E-state index contributed by atoms with van der Waals surface area (Å²) in [5.41, 5.74) is 0.514. The fraction of sp³-hybridized carbons (Fsp3) is 0.0714. The van der Waals surface area contributed by atoms with Crippen LogP contribution in [0.2, 0.25) is 0 Å². The van der Waals surface area contributed by atoms with E-state index in [9.17, 15) is 9.18 Å². The van der Waals surface area contributed by atoms with Gasteiger partial charge in [-0.2, -0.15) is 9.65 Å². The second-order valence-electron chi connectivity index (χ2n) is 3.77. The quantitative estimate of drug-likeness (QED) is 0.866. The van der Waals surface area contributed by atoms with E-state index in [0.29, 0.717) is 11.4 Å². The molecule has 0 unspecified atom stereocenters. The van der Waals surface area contributed by atoms with Crippen molar-refractivity contribution in [2.75, 3.05) is 11.9 Å². The Hall–Kier alpha value is -2.94. The van der Waals surface area contributed by atoms with E-state index in [1.807, 2.05) is 6.07 Å². The van der Waals surface area contributed by atoms with Gasteiger partial charge in [0.25, 0.3) is 5.91 Å². The first kappa shape index (κ1) is 13.5. The molecular formula is C14H10FN3O2. The van der Waals surface area contributed by atoms with E-state index >= 15 is 0 Å². The van der Waals surface area contributed by atoms with Gasteiger partial charge in [0, 0.05) is 5.69 Å². The fourth-order valence-corrected chi connectivity index (χ4v) is 1.48. The standard InChI is InChI=1S/C14H10FN3O2/c15-13-3-1-2-12(18-13)14(19)17-10-4-6-11(7-5-10)20-9-8-16/h1-7H,9H2,(H,17,19). The van der Waals surface area contributed by atoms with Gasteiger partial charge in [-0.3, -0.25) is 4.79 Å². The number of ether oxygens (including phenoxy) is 1. The number of anilines is 1. The molecule has 0 atom stereocenters. The van der Waals surface area contributed by atoms with Crippen LogP contribution < -0.4 is 10.1 Å². The Morgan fingerprint density at radius 2 is 2.05 bits per heavy atom. The summed E-state index contributed by atoms with van der Waals surface area (Å²) in [6, 6.07) is 12.3. The number of hydrogen-bond acceptors (Lipinski definition) is 4. The number of nitriles is 1. The van der Waals surface area contributed by atoms with Gasteiger partial charge >= 0.3 is 0 Å². The Kier molecular flexibility index (Phi) is 4.24. The van der Waals surface area contributed by atoms with E-state index in [1.54, 1.807) is 24.3 Å². The molecule has 5 nitrogen and oxygen atoms in total. The molecule has 0 saturated carbocycles. The second kappa shape index (κ2) is 6.29. The summed E-state index contributed by atoms with van der Waals surface area (Å²) in [6.45, 7) is -0.0427. The van der Waals surface area contributed by atoms with Gasteiger partial charge in [0.15, 0.2) is 6.61 Å². The summed E-state index contributed by atoms with van der Waals surface area (Å²) in [4.78, 5) is 15.3. The average molecular weight is 271 g/mol. The maximum Gasteiger partial charge on any atom is 0.274 e. The van der Waals surface area contributed by atoms with Crippen molar-refractivity contribution >= 4 is 11.6 Å². The lowest BCUT2D eigenvalue weighted by molar-refractivity contribution is 0.102. The van der Waals surface area contributed by atoms with E-state index in [4.69, 9.17) is 10.00 Å². The number of benzene rings is 1. The molecule has 6 heteroatoms. The summed E-state index contributed by atoms with van der Waals surface area (Å²) in [5, 5.41) is 11.0. The zero-order chi connectivity index (χ0) is 14.4. The van der Waals surface area contributed by atoms with E-state index < -0.39 is 11.9 Å². The summed E-state index contributed by atoms with van der Waals surface area (Å²) in [5.74, 6) is -0.693. The molecule has 1 amide bonds. The highest BCUT2D eigenvalue weighted by Crippen LogP contribution is 2.16. The molecule has 0 aliphatic heterocycles. The van der Waals surface area contributed by atoms with Crippen LogP contribution in [0.1, 0.15) is 10.5 Å². The number of aromatic nitrogens is 1. The molecule has 1 heterocycles. The lowest BCUT2D eigenvalue weighted by Gasteiger charge is -2.06. The van der Waals surface area contributed by atoms with Gasteiger partial charge in [-0.15, -0.1) is 0 Å². The Balaban J connectivity index is 2.03. The van der Waals surface area contributed by atoms with Crippen molar-refractivity contribution < 1.29 is 13.9 Å². The largest absolute Gasteiger partial charge is 0.479 e. The van der Waals surface area contributed by atoms with Crippen LogP contribution in [0.15, 0.2) is 42.5 Å². The smallest absolute Gasteiger partial charge is 0.274 e. The molecule has 1 N–H and O–H groups in total. The zero-order valence-electron chi connectivity index (χ0n) is 10.3.